The number of nitrogens with zero attached hydrogens (tertiary/aromatic N) is 5. The molecule has 1 aromatic rings. The van der Waals surface area contributed by atoms with Crippen LogP contribution in [0, 0.1) is 6.92 Å². The minimum atomic E-state index is -0.497. The number of guanidine groups is 1. The molecular weight excluding hydrogens is 342 g/mol. The zero-order valence-electron chi connectivity index (χ0n) is 16.2. The Morgan fingerprint density at radius 2 is 1.85 bits per heavy atom. The maximum atomic E-state index is 13.3. The van der Waals surface area contributed by atoms with E-state index in [4.69, 9.17) is 4.99 Å². The SMILES string of the molecule is CCCN1C(C)=CN2C1=NC1C2C(=O)N(Cc2ccccc2C)C(=O)N1C. The molecule has 27 heavy (non-hydrogen) atoms. The third-order valence-electron chi connectivity index (χ3n) is 5.54. The van der Waals surface area contributed by atoms with E-state index < -0.39 is 12.2 Å². The minimum absolute atomic E-state index is 0.187. The Morgan fingerprint density at radius 1 is 1.11 bits per heavy atom. The molecule has 3 amide bonds. The van der Waals surface area contributed by atoms with E-state index in [-0.39, 0.29) is 18.5 Å². The average Bonchev–Trinajstić information content (AvgIpc) is 3.15. The van der Waals surface area contributed by atoms with Crippen LogP contribution in [0.25, 0.3) is 0 Å². The summed E-state index contributed by atoms with van der Waals surface area (Å²) in [7, 11) is 1.73. The van der Waals surface area contributed by atoms with Gasteiger partial charge in [-0.2, -0.15) is 0 Å². The van der Waals surface area contributed by atoms with Gasteiger partial charge in [-0.15, -0.1) is 0 Å². The maximum absolute atomic E-state index is 13.3. The van der Waals surface area contributed by atoms with Crippen LogP contribution in [0.15, 0.2) is 41.2 Å². The van der Waals surface area contributed by atoms with Gasteiger partial charge in [0.05, 0.1) is 6.54 Å². The summed E-state index contributed by atoms with van der Waals surface area (Å²) in [5.74, 6) is 0.586. The van der Waals surface area contributed by atoms with Crippen LogP contribution in [0.1, 0.15) is 31.4 Å². The van der Waals surface area contributed by atoms with Gasteiger partial charge >= 0.3 is 6.03 Å². The highest BCUT2D eigenvalue weighted by Gasteiger charge is 2.54. The van der Waals surface area contributed by atoms with Crippen molar-refractivity contribution in [2.24, 2.45) is 4.99 Å². The van der Waals surface area contributed by atoms with E-state index in [1.54, 1.807) is 11.9 Å². The first-order valence-electron chi connectivity index (χ1n) is 9.38. The van der Waals surface area contributed by atoms with E-state index in [1.165, 1.54) is 4.90 Å². The fourth-order valence-electron chi connectivity index (χ4n) is 4.01. The van der Waals surface area contributed by atoms with Crippen molar-refractivity contribution >= 4 is 17.9 Å². The number of benzene rings is 1. The third-order valence-corrected chi connectivity index (χ3v) is 5.54. The summed E-state index contributed by atoms with van der Waals surface area (Å²) in [5, 5.41) is 0. The Bertz CT molecular complexity index is 862. The first kappa shape index (κ1) is 17.6. The summed E-state index contributed by atoms with van der Waals surface area (Å²) in [6, 6.07) is 7.05. The van der Waals surface area contributed by atoms with E-state index in [0.717, 1.165) is 35.7 Å². The van der Waals surface area contributed by atoms with E-state index in [0.29, 0.717) is 0 Å². The van der Waals surface area contributed by atoms with Gasteiger partial charge in [0.1, 0.15) is 0 Å². The Kier molecular flexibility index (Phi) is 4.17. The Balaban J connectivity index is 1.65. The number of allylic oxidation sites excluding steroid dienone is 1. The second-order valence-electron chi connectivity index (χ2n) is 7.36. The molecule has 0 bridgehead atoms. The van der Waals surface area contributed by atoms with Gasteiger partial charge in [0, 0.05) is 25.5 Å². The molecule has 0 radical (unpaired) electrons. The lowest BCUT2D eigenvalue weighted by Crippen LogP contribution is -2.63. The van der Waals surface area contributed by atoms with E-state index >= 15 is 0 Å². The number of aliphatic imine (C=N–C) groups is 1. The molecule has 0 aliphatic carbocycles. The number of hydrogen-bond donors (Lipinski definition) is 0. The monoisotopic (exact) mass is 367 g/mol. The molecule has 3 aliphatic heterocycles. The predicted molar refractivity (Wildman–Crippen MR) is 102 cm³/mol. The quantitative estimate of drug-likeness (QED) is 0.820. The van der Waals surface area contributed by atoms with E-state index in [2.05, 4.69) is 11.8 Å². The van der Waals surface area contributed by atoms with Crippen LogP contribution in [0.5, 0.6) is 0 Å². The highest BCUT2D eigenvalue weighted by molar-refractivity contribution is 6.04. The number of aryl methyl sites for hydroxylation is 1. The van der Waals surface area contributed by atoms with Crippen molar-refractivity contribution in [3.05, 3.63) is 47.3 Å². The third kappa shape index (κ3) is 2.60. The average molecular weight is 367 g/mol. The molecule has 2 unspecified atom stereocenters. The van der Waals surface area contributed by atoms with Crippen LogP contribution >= 0.6 is 0 Å². The van der Waals surface area contributed by atoms with Gasteiger partial charge in [-0.25, -0.2) is 9.79 Å². The fourth-order valence-corrected chi connectivity index (χ4v) is 4.01. The highest BCUT2D eigenvalue weighted by Crippen LogP contribution is 2.34. The van der Waals surface area contributed by atoms with Gasteiger partial charge < -0.3 is 14.7 Å². The molecule has 2 atom stereocenters. The molecule has 0 aromatic heterocycles. The lowest BCUT2D eigenvalue weighted by atomic mass is 10.1. The van der Waals surface area contributed by atoms with Gasteiger partial charge in [0.25, 0.3) is 5.91 Å². The second-order valence-corrected chi connectivity index (χ2v) is 7.36. The number of urea groups is 1. The number of hydrogen-bond acceptors (Lipinski definition) is 5. The van der Waals surface area contributed by atoms with Crippen LogP contribution in [-0.2, 0) is 11.3 Å². The maximum Gasteiger partial charge on any atom is 0.328 e. The number of rotatable bonds is 4. The van der Waals surface area contributed by atoms with Crippen molar-refractivity contribution in [2.75, 3.05) is 13.6 Å². The standard InChI is InChI=1S/C20H25N5O2/c1-5-10-23-14(3)11-24-16-17(21-19(23)24)22(4)20(27)25(18(16)26)12-15-9-7-6-8-13(15)2/h6-9,11,16-17H,5,10,12H2,1-4H3. The molecule has 7 nitrogen and oxygen atoms in total. The van der Waals surface area contributed by atoms with Gasteiger partial charge in [-0.05, 0) is 31.4 Å². The summed E-state index contributed by atoms with van der Waals surface area (Å²) in [6.07, 6.45) is 2.49. The highest BCUT2D eigenvalue weighted by atomic mass is 16.2. The van der Waals surface area contributed by atoms with Crippen molar-refractivity contribution in [3.63, 3.8) is 0 Å². The Hall–Kier alpha value is -2.83. The molecule has 1 aromatic carbocycles. The second kappa shape index (κ2) is 6.40. The molecule has 7 heteroatoms. The van der Waals surface area contributed by atoms with Crippen molar-refractivity contribution in [3.8, 4) is 0 Å². The molecular formula is C20H25N5O2. The number of carbonyl (C=O) groups is 2. The van der Waals surface area contributed by atoms with Gasteiger partial charge in [0.2, 0.25) is 5.96 Å². The van der Waals surface area contributed by atoms with Crippen molar-refractivity contribution in [1.29, 1.82) is 0 Å². The molecule has 1 saturated heterocycles. The summed E-state index contributed by atoms with van der Waals surface area (Å²) in [6.45, 7) is 7.26. The number of likely N-dealkylation sites (N-methyl/N-ethyl adjacent to an activating group) is 1. The van der Waals surface area contributed by atoms with E-state index in [9.17, 15) is 9.59 Å². The topological polar surface area (TPSA) is 59.5 Å². The minimum Gasteiger partial charge on any atom is -0.315 e. The molecule has 4 rings (SSSR count). The summed E-state index contributed by atoms with van der Waals surface area (Å²) in [5.41, 5.74) is 3.12. The van der Waals surface area contributed by atoms with Crippen LogP contribution in [0.4, 0.5) is 4.79 Å². The smallest absolute Gasteiger partial charge is 0.315 e. The summed E-state index contributed by atoms with van der Waals surface area (Å²) in [4.78, 5) is 37.9. The van der Waals surface area contributed by atoms with Crippen molar-refractivity contribution < 1.29 is 9.59 Å². The van der Waals surface area contributed by atoms with Crippen LogP contribution in [0.2, 0.25) is 0 Å². The number of amides is 3. The Labute approximate surface area is 159 Å². The van der Waals surface area contributed by atoms with Crippen LogP contribution < -0.4 is 0 Å². The zero-order valence-corrected chi connectivity index (χ0v) is 16.2. The molecule has 142 valence electrons. The molecule has 0 saturated carbocycles. The van der Waals surface area contributed by atoms with Gasteiger partial charge in [-0.3, -0.25) is 9.69 Å². The lowest BCUT2D eigenvalue weighted by Gasteiger charge is -2.40. The number of imide groups is 1. The molecule has 1 fully saturated rings. The van der Waals surface area contributed by atoms with Crippen molar-refractivity contribution in [1.82, 2.24) is 19.6 Å². The van der Waals surface area contributed by atoms with Crippen LogP contribution in [0.3, 0.4) is 0 Å². The first-order chi connectivity index (χ1) is 12.9. The molecule has 0 spiro atoms. The van der Waals surface area contributed by atoms with Crippen LogP contribution in [-0.4, -0.2) is 63.3 Å². The lowest BCUT2D eigenvalue weighted by molar-refractivity contribution is -0.137. The summed E-state index contributed by atoms with van der Waals surface area (Å²) >= 11 is 0. The molecule has 3 heterocycles. The molecule has 3 aliphatic rings. The van der Waals surface area contributed by atoms with E-state index in [1.807, 2.05) is 49.2 Å². The fraction of sp³-hybridized carbons (Fsp3) is 0.450. The van der Waals surface area contributed by atoms with Gasteiger partial charge in [0.15, 0.2) is 12.2 Å². The zero-order chi connectivity index (χ0) is 19.3. The molecule has 0 N–H and O–H groups in total. The predicted octanol–water partition coefficient (Wildman–Crippen LogP) is 2.34. The van der Waals surface area contributed by atoms with Gasteiger partial charge in [-0.1, -0.05) is 31.2 Å². The first-order valence-corrected chi connectivity index (χ1v) is 9.38. The Morgan fingerprint density at radius 3 is 2.56 bits per heavy atom. The number of fused-ring (bicyclic) bond motifs is 3. The van der Waals surface area contributed by atoms with Crippen molar-refractivity contribution in [2.45, 2.75) is 45.9 Å². The summed E-state index contributed by atoms with van der Waals surface area (Å²) < 4.78 is 0. The largest absolute Gasteiger partial charge is 0.328 e. The number of carbonyl (C=O) groups excluding carboxylic acids is 2. The normalized spacial score (nSPS) is 24.3.